The van der Waals surface area contributed by atoms with Gasteiger partial charge in [0.1, 0.15) is 34.4 Å². The number of nitrogens with one attached hydrogen (secondary N) is 1. The lowest BCUT2D eigenvalue weighted by atomic mass is 10.2. The molecule has 0 unspecified atom stereocenters. The number of hydrogen-bond acceptors (Lipinski definition) is 5. The molecule has 0 bridgehead atoms. The number of nitrogens with zero attached hydrogens (tertiary/aromatic N) is 5. The van der Waals surface area contributed by atoms with Crippen molar-refractivity contribution in [2.45, 2.75) is 19.4 Å². The maximum absolute atomic E-state index is 14.4. The summed E-state index contributed by atoms with van der Waals surface area (Å²) in [6, 6.07) is 4.72. The smallest absolute Gasteiger partial charge is 0.266 e. The molecule has 2 aromatic heterocycles. The second-order valence-corrected chi connectivity index (χ2v) is 7.42. The molecular formula is C18H18BrFN6O2. The zero-order valence-electron chi connectivity index (χ0n) is 15.2. The highest BCUT2D eigenvalue weighted by Crippen LogP contribution is 2.31. The van der Waals surface area contributed by atoms with Crippen LogP contribution in [0.2, 0.25) is 0 Å². The third kappa shape index (κ3) is 3.28. The van der Waals surface area contributed by atoms with E-state index >= 15 is 0 Å². The van der Waals surface area contributed by atoms with Crippen molar-refractivity contribution in [2.75, 3.05) is 23.3 Å². The van der Waals surface area contributed by atoms with Gasteiger partial charge in [-0.3, -0.25) is 14.2 Å². The average Bonchev–Trinajstić information content (AvgIpc) is 3.28. The van der Waals surface area contributed by atoms with Gasteiger partial charge >= 0.3 is 0 Å². The second kappa shape index (κ2) is 7.34. The van der Waals surface area contributed by atoms with Gasteiger partial charge in [0.15, 0.2) is 5.65 Å². The fourth-order valence-corrected chi connectivity index (χ4v) is 4.02. The van der Waals surface area contributed by atoms with Crippen molar-refractivity contribution in [2.24, 2.45) is 7.05 Å². The molecule has 8 nitrogen and oxygen atoms in total. The van der Waals surface area contributed by atoms with Crippen LogP contribution in [0.4, 0.5) is 15.8 Å². The molecule has 28 heavy (non-hydrogen) atoms. The fraction of sp³-hybridized carbons (Fsp3) is 0.333. The van der Waals surface area contributed by atoms with Crippen LogP contribution >= 0.6 is 15.9 Å². The van der Waals surface area contributed by atoms with Crippen LogP contribution in [-0.4, -0.2) is 38.3 Å². The Morgan fingerprint density at radius 2 is 2.07 bits per heavy atom. The molecule has 1 fully saturated rings. The van der Waals surface area contributed by atoms with Crippen molar-refractivity contribution in [1.29, 1.82) is 0 Å². The van der Waals surface area contributed by atoms with Crippen LogP contribution in [0.3, 0.4) is 0 Å². The predicted molar refractivity (Wildman–Crippen MR) is 107 cm³/mol. The van der Waals surface area contributed by atoms with Crippen LogP contribution in [0.5, 0.6) is 0 Å². The lowest BCUT2D eigenvalue weighted by Gasteiger charge is -2.22. The molecule has 1 saturated heterocycles. The zero-order chi connectivity index (χ0) is 19.8. The van der Waals surface area contributed by atoms with Crippen LogP contribution < -0.4 is 15.8 Å². The number of halogens is 2. The van der Waals surface area contributed by atoms with E-state index in [2.05, 4.69) is 31.3 Å². The van der Waals surface area contributed by atoms with Crippen molar-refractivity contribution in [3.05, 3.63) is 45.3 Å². The van der Waals surface area contributed by atoms with Gasteiger partial charge < -0.3 is 10.2 Å². The topological polar surface area (TPSA) is 85.0 Å². The van der Waals surface area contributed by atoms with E-state index in [1.165, 1.54) is 21.6 Å². The number of amides is 1. The number of fused-ring (bicyclic) bond motifs is 1. The first-order valence-corrected chi connectivity index (χ1v) is 9.66. The second-order valence-electron chi connectivity index (χ2n) is 6.67. The first-order valence-electron chi connectivity index (χ1n) is 8.86. The predicted octanol–water partition coefficient (Wildman–Crippen LogP) is 2.27. The first kappa shape index (κ1) is 18.6. The Hall–Kier alpha value is -2.75. The maximum Gasteiger partial charge on any atom is 0.266 e. The maximum atomic E-state index is 14.4. The summed E-state index contributed by atoms with van der Waals surface area (Å²) in [5.41, 5.74) is 0.813. The van der Waals surface area contributed by atoms with Crippen molar-refractivity contribution >= 4 is 44.2 Å². The summed E-state index contributed by atoms with van der Waals surface area (Å²) < 4.78 is 17.4. The number of benzene rings is 1. The summed E-state index contributed by atoms with van der Waals surface area (Å²) >= 11 is 3.24. The van der Waals surface area contributed by atoms with E-state index in [9.17, 15) is 14.0 Å². The van der Waals surface area contributed by atoms with E-state index < -0.39 is 17.3 Å². The number of rotatable bonds is 4. The third-order valence-electron chi connectivity index (χ3n) is 4.79. The van der Waals surface area contributed by atoms with E-state index in [0.29, 0.717) is 21.3 Å². The Morgan fingerprint density at radius 3 is 2.82 bits per heavy atom. The normalized spacial score (nSPS) is 14.0. The molecule has 10 heteroatoms. The van der Waals surface area contributed by atoms with Crippen molar-refractivity contribution < 1.29 is 9.18 Å². The number of para-hydroxylation sites is 1. The highest BCUT2D eigenvalue weighted by atomic mass is 79.9. The van der Waals surface area contributed by atoms with Gasteiger partial charge in [0.2, 0.25) is 5.91 Å². The SMILES string of the molecule is Cn1nc(Br)c2c(=O)n(CC(=O)Nc3c(F)cccc3N3CCCC3)cnc21. The van der Waals surface area contributed by atoms with Gasteiger partial charge in [0.25, 0.3) is 5.56 Å². The minimum Gasteiger partial charge on any atom is -0.370 e. The number of aromatic nitrogens is 4. The fourth-order valence-electron chi connectivity index (χ4n) is 3.44. The Balaban J connectivity index is 1.61. The number of carbonyl (C=O) groups is 1. The van der Waals surface area contributed by atoms with Gasteiger partial charge in [-0.05, 0) is 40.9 Å². The molecule has 0 saturated carbocycles. The van der Waals surface area contributed by atoms with Gasteiger partial charge in [0, 0.05) is 20.1 Å². The molecule has 1 aliphatic heterocycles. The summed E-state index contributed by atoms with van der Waals surface area (Å²) in [6.45, 7) is 1.36. The van der Waals surface area contributed by atoms with E-state index in [1.807, 2.05) is 4.90 Å². The molecule has 3 aromatic rings. The van der Waals surface area contributed by atoms with Crippen LogP contribution in [0.15, 0.2) is 33.9 Å². The minimum absolute atomic E-state index is 0.138. The Morgan fingerprint density at radius 1 is 1.32 bits per heavy atom. The lowest BCUT2D eigenvalue weighted by molar-refractivity contribution is -0.116. The monoisotopic (exact) mass is 448 g/mol. The summed E-state index contributed by atoms with van der Waals surface area (Å²) in [4.78, 5) is 31.5. The number of anilines is 2. The van der Waals surface area contributed by atoms with E-state index in [4.69, 9.17) is 0 Å². The van der Waals surface area contributed by atoms with E-state index in [-0.39, 0.29) is 12.2 Å². The molecule has 0 aliphatic carbocycles. The molecule has 0 spiro atoms. The molecule has 0 atom stereocenters. The van der Waals surface area contributed by atoms with Gasteiger partial charge in [-0.25, -0.2) is 14.1 Å². The van der Waals surface area contributed by atoms with Crippen molar-refractivity contribution in [3.63, 3.8) is 0 Å². The number of carbonyl (C=O) groups excluding carboxylic acids is 1. The Kier molecular flexibility index (Phi) is 4.88. The average molecular weight is 449 g/mol. The minimum atomic E-state index is -0.506. The number of aryl methyl sites for hydroxylation is 1. The summed E-state index contributed by atoms with van der Waals surface area (Å²) in [6.07, 6.45) is 3.36. The summed E-state index contributed by atoms with van der Waals surface area (Å²) in [5.74, 6) is -1.01. The first-order chi connectivity index (χ1) is 13.5. The molecule has 0 radical (unpaired) electrons. The highest BCUT2D eigenvalue weighted by Gasteiger charge is 2.20. The Labute approximate surface area is 168 Å². The van der Waals surface area contributed by atoms with Crippen LogP contribution in [0.1, 0.15) is 12.8 Å². The van der Waals surface area contributed by atoms with Crippen molar-refractivity contribution in [3.8, 4) is 0 Å². The van der Waals surface area contributed by atoms with Gasteiger partial charge in [-0.2, -0.15) is 5.10 Å². The van der Waals surface area contributed by atoms with Gasteiger partial charge in [-0.15, -0.1) is 0 Å². The molecule has 1 amide bonds. The standard InChI is InChI=1S/C18H18BrFN6O2/c1-24-17-14(16(19)23-24)18(28)26(10-21-17)9-13(27)22-15-11(20)5-4-6-12(15)25-7-2-3-8-25/h4-6,10H,2-3,7-9H2,1H3,(H,22,27). The van der Waals surface area contributed by atoms with Crippen LogP contribution in [-0.2, 0) is 18.4 Å². The van der Waals surface area contributed by atoms with E-state index in [0.717, 1.165) is 25.9 Å². The third-order valence-corrected chi connectivity index (χ3v) is 5.34. The van der Waals surface area contributed by atoms with Crippen molar-refractivity contribution in [1.82, 2.24) is 19.3 Å². The molecule has 146 valence electrons. The Bertz CT molecular complexity index is 1120. The zero-order valence-corrected chi connectivity index (χ0v) is 16.7. The highest BCUT2D eigenvalue weighted by molar-refractivity contribution is 9.10. The number of hydrogen-bond donors (Lipinski definition) is 1. The quantitative estimate of drug-likeness (QED) is 0.661. The van der Waals surface area contributed by atoms with Crippen LogP contribution in [0.25, 0.3) is 11.0 Å². The molecule has 3 heterocycles. The summed E-state index contributed by atoms with van der Waals surface area (Å²) in [7, 11) is 1.68. The molecule has 1 aliphatic rings. The largest absolute Gasteiger partial charge is 0.370 e. The van der Waals surface area contributed by atoms with Crippen LogP contribution in [0, 0.1) is 5.82 Å². The molecular weight excluding hydrogens is 431 g/mol. The lowest BCUT2D eigenvalue weighted by Crippen LogP contribution is -2.29. The molecule has 4 rings (SSSR count). The van der Waals surface area contributed by atoms with Gasteiger partial charge in [-0.1, -0.05) is 6.07 Å². The summed E-state index contributed by atoms with van der Waals surface area (Å²) in [5, 5.41) is 7.02. The van der Waals surface area contributed by atoms with E-state index in [1.54, 1.807) is 19.2 Å². The molecule has 1 N–H and O–H groups in total. The molecule has 1 aromatic carbocycles. The van der Waals surface area contributed by atoms with Gasteiger partial charge in [0.05, 0.1) is 5.69 Å².